The first-order valence-corrected chi connectivity index (χ1v) is 11.5. The number of rotatable bonds is 5. The van der Waals surface area contributed by atoms with Crippen LogP contribution in [0.15, 0.2) is 24.3 Å². The molecule has 1 aromatic rings. The molecule has 8 nitrogen and oxygen atoms in total. The zero-order valence-corrected chi connectivity index (χ0v) is 17.4. The number of halogens is 1. The maximum absolute atomic E-state index is 13.3. The molecule has 2 fully saturated rings. The first-order chi connectivity index (χ1) is 13.7. The standard InChI is InChI=1S/C19H26FN3O5S/c1-21-16(24)13-28-18(17(21)14-3-5-15(20)6-4-14)19(25)23-9-7-22(8-10-23)11-12-29(2,26)27/h3-6,17-18H,7-13H2,1-2H3. The Hall–Kier alpha value is -2.04. The molecule has 2 aliphatic heterocycles. The highest BCUT2D eigenvalue weighted by atomic mass is 32.2. The molecule has 0 aromatic heterocycles. The predicted molar refractivity (Wildman–Crippen MR) is 104 cm³/mol. The van der Waals surface area contributed by atoms with Gasteiger partial charge in [0.1, 0.15) is 22.3 Å². The molecular weight excluding hydrogens is 401 g/mol. The Morgan fingerprint density at radius 3 is 2.38 bits per heavy atom. The number of hydrogen-bond donors (Lipinski definition) is 0. The molecule has 2 amide bonds. The number of ether oxygens (including phenoxy) is 1. The summed E-state index contributed by atoms with van der Waals surface area (Å²) in [7, 11) is -1.42. The molecule has 0 spiro atoms. The fourth-order valence-corrected chi connectivity index (χ4v) is 4.23. The van der Waals surface area contributed by atoms with Gasteiger partial charge < -0.3 is 14.5 Å². The van der Waals surface area contributed by atoms with Gasteiger partial charge in [0, 0.05) is 46.0 Å². The third-order valence-corrected chi connectivity index (χ3v) is 6.33. The molecule has 0 saturated carbocycles. The summed E-state index contributed by atoms with van der Waals surface area (Å²) < 4.78 is 41.6. The highest BCUT2D eigenvalue weighted by Crippen LogP contribution is 2.30. The topological polar surface area (TPSA) is 87.2 Å². The van der Waals surface area contributed by atoms with Crippen molar-refractivity contribution in [3.63, 3.8) is 0 Å². The summed E-state index contributed by atoms with van der Waals surface area (Å²) in [6.45, 7) is 2.32. The molecule has 0 bridgehead atoms. The first kappa shape index (κ1) is 21.7. The number of carbonyl (C=O) groups is 2. The molecule has 0 radical (unpaired) electrons. The van der Waals surface area contributed by atoms with E-state index in [1.807, 2.05) is 4.90 Å². The number of amides is 2. The van der Waals surface area contributed by atoms with Crippen LogP contribution in [0.5, 0.6) is 0 Å². The summed E-state index contributed by atoms with van der Waals surface area (Å²) in [5, 5.41) is 0. The second kappa shape index (κ2) is 8.76. The lowest BCUT2D eigenvalue weighted by molar-refractivity contribution is -0.168. The summed E-state index contributed by atoms with van der Waals surface area (Å²) in [5.41, 5.74) is 0.632. The molecular formula is C19H26FN3O5S. The van der Waals surface area contributed by atoms with Crippen molar-refractivity contribution in [2.75, 3.05) is 58.4 Å². The molecule has 2 heterocycles. The van der Waals surface area contributed by atoms with Crippen molar-refractivity contribution in [3.8, 4) is 0 Å². The van der Waals surface area contributed by atoms with E-state index in [4.69, 9.17) is 4.74 Å². The van der Waals surface area contributed by atoms with E-state index in [1.54, 1.807) is 24.1 Å². The quantitative estimate of drug-likeness (QED) is 0.653. The van der Waals surface area contributed by atoms with Gasteiger partial charge >= 0.3 is 0 Å². The summed E-state index contributed by atoms with van der Waals surface area (Å²) in [5.74, 6) is -0.769. The zero-order valence-electron chi connectivity index (χ0n) is 16.6. The molecule has 2 aliphatic rings. The van der Waals surface area contributed by atoms with Crippen LogP contribution in [-0.2, 0) is 24.2 Å². The van der Waals surface area contributed by atoms with Crippen molar-refractivity contribution in [3.05, 3.63) is 35.6 Å². The van der Waals surface area contributed by atoms with Crippen molar-refractivity contribution in [2.45, 2.75) is 12.1 Å². The number of morpholine rings is 1. The smallest absolute Gasteiger partial charge is 0.254 e. The highest BCUT2D eigenvalue weighted by molar-refractivity contribution is 7.90. The molecule has 1 aromatic carbocycles. The second-order valence-corrected chi connectivity index (χ2v) is 9.79. The minimum atomic E-state index is -3.03. The zero-order chi connectivity index (χ0) is 21.2. The number of piperazine rings is 1. The summed E-state index contributed by atoms with van der Waals surface area (Å²) in [6.07, 6.45) is 0.339. The number of sulfone groups is 1. The van der Waals surface area contributed by atoms with Crippen LogP contribution in [0.2, 0.25) is 0 Å². The number of nitrogens with zero attached hydrogens (tertiary/aromatic N) is 3. The average molecular weight is 427 g/mol. The van der Waals surface area contributed by atoms with E-state index in [0.717, 1.165) is 0 Å². The van der Waals surface area contributed by atoms with Gasteiger partial charge in [0.2, 0.25) is 5.91 Å². The van der Waals surface area contributed by atoms with Crippen LogP contribution >= 0.6 is 0 Å². The largest absolute Gasteiger partial charge is 0.356 e. The minimum absolute atomic E-state index is 0.0895. The molecule has 0 N–H and O–H groups in total. The Morgan fingerprint density at radius 1 is 1.17 bits per heavy atom. The van der Waals surface area contributed by atoms with Crippen LogP contribution in [0.25, 0.3) is 0 Å². The number of carbonyl (C=O) groups excluding carboxylic acids is 2. The Kier molecular flexibility index (Phi) is 6.55. The summed E-state index contributed by atoms with van der Waals surface area (Å²) >= 11 is 0. The van der Waals surface area contributed by atoms with Gasteiger partial charge in [-0.2, -0.15) is 0 Å². The van der Waals surface area contributed by atoms with Crippen LogP contribution in [0, 0.1) is 5.82 Å². The van der Waals surface area contributed by atoms with Gasteiger partial charge in [-0.3, -0.25) is 14.5 Å². The Balaban J connectivity index is 1.68. The van der Waals surface area contributed by atoms with Crippen molar-refractivity contribution >= 4 is 21.7 Å². The van der Waals surface area contributed by atoms with E-state index in [2.05, 4.69) is 0 Å². The maximum atomic E-state index is 13.3. The van der Waals surface area contributed by atoms with Gasteiger partial charge in [-0.05, 0) is 17.7 Å². The Morgan fingerprint density at radius 2 is 1.79 bits per heavy atom. The summed E-state index contributed by atoms with van der Waals surface area (Å²) in [4.78, 5) is 30.5. The van der Waals surface area contributed by atoms with Gasteiger partial charge in [-0.25, -0.2) is 12.8 Å². The van der Waals surface area contributed by atoms with Crippen LogP contribution in [-0.4, -0.2) is 99.4 Å². The molecule has 2 unspecified atom stereocenters. The van der Waals surface area contributed by atoms with Crippen molar-refractivity contribution < 1.29 is 27.1 Å². The average Bonchev–Trinajstić information content (AvgIpc) is 2.68. The predicted octanol–water partition coefficient (Wildman–Crippen LogP) is -0.0872. The van der Waals surface area contributed by atoms with E-state index in [1.165, 1.54) is 23.3 Å². The molecule has 160 valence electrons. The highest BCUT2D eigenvalue weighted by Gasteiger charge is 2.42. The first-order valence-electron chi connectivity index (χ1n) is 9.47. The lowest BCUT2D eigenvalue weighted by atomic mass is 9.97. The SMILES string of the molecule is CN1C(=O)COC(C(=O)N2CCN(CCS(C)(=O)=O)CC2)C1c1ccc(F)cc1. The molecule has 2 atom stereocenters. The second-order valence-electron chi connectivity index (χ2n) is 7.53. The summed E-state index contributed by atoms with van der Waals surface area (Å²) in [6, 6.07) is 5.07. The molecule has 0 aliphatic carbocycles. The van der Waals surface area contributed by atoms with Gasteiger partial charge in [0.05, 0.1) is 11.8 Å². The molecule has 3 rings (SSSR count). The lowest BCUT2D eigenvalue weighted by Crippen LogP contribution is -2.57. The fraction of sp³-hybridized carbons (Fsp3) is 0.579. The number of benzene rings is 1. The molecule has 10 heteroatoms. The third-order valence-electron chi connectivity index (χ3n) is 5.40. The maximum Gasteiger partial charge on any atom is 0.254 e. The van der Waals surface area contributed by atoms with Crippen LogP contribution in [0.3, 0.4) is 0 Å². The van der Waals surface area contributed by atoms with Gasteiger partial charge in [-0.1, -0.05) is 12.1 Å². The van der Waals surface area contributed by atoms with Crippen LogP contribution < -0.4 is 0 Å². The minimum Gasteiger partial charge on any atom is -0.356 e. The van der Waals surface area contributed by atoms with Crippen molar-refractivity contribution in [1.82, 2.24) is 14.7 Å². The van der Waals surface area contributed by atoms with Gasteiger partial charge in [0.25, 0.3) is 5.91 Å². The van der Waals surface area contributed by atoms with Crippen LogP contribution in [0.4, 0.5) is 4.39 Å². The fourth-order valence-electron chi connectivity index (χ4n) is 3.64. The molecule has 2 saturated heterocycles. The van der Waals surface area contributed by atoms with E-state index < -0.39 is 27.8 Å². The van der Waals surface area contributed by atoms with E-state index in [-0.39, 0.29) is 24.2 Å². The van der Waals surface area contributed by atoms with E-state index >= 15 is 0 Å². The van der Waals surface area contributed by atoms with E-state index in [0.29, 0.717) is 38.3 Å². The Labute approximate surface area is 170 Å². The number of hydrogen-bond acceptors (Lipinski definition) is 6. The normalized spacial score (nSPS) is 24.0. The third kappa shape index (κ3) is 5.31. The van der Waals surface area contributed by atoms with Crippen molar-refractivity contribution in [2.24, 2.45) is 0 Å². The number of likely N-dealkylation sites (N-methyl/N-ethyl adjacent to an activating group) is 1. The molecule has 29 heavy (non-hydrogen) atoms. The van der Waals surface area contributed by atoms with Crippen molar-refractivity contribution in [1.29, 1.82) is 0 Å². The van der Waals surface area contributed by atoms with Crippen LogP contribution in [0.1, 0.15) is 11.6 Å². The monoisotopic (exact) mass is 427 g/mol. The van der Waals surface area contributed by atoms with Gasteiger partial charge in [-0.15, -0.1) is 0 Å². The van der Waals surface area contributed by atoms with Gasteiger partial charge in [0.15, 0.2) is 6.10 Å². The lowest BCUT2D eigenvalue weighted by Gasteiger charge is -2.42. The Bertz CT molecular complexity index is 853. The van der Waals surface area contributed by atoms with E-state index in [9.17, 15) is 22.4 Å².